The lowest BCUT2D eigenvalue weighted by atomic mass is 9.77. The number of amides is 2. The van der Waals surface area contributed by atoms with Crippen molar-refractivity contribution in [3.05, 3.63) is 83.0 Å². The van der Waals surface area contributed by atoms with Crippen molar-refractivity contribution in [1.82, 2.24) is 15.0 Å². The Morgan fingerprint density at radius 3 is 1.67 bits per heavy atom. The third kappa shape index (κ3) is 6.55. The van der Waals surface area contributed by atoms with E-state index >= 15 is 0 Å². The van der Waals surface area contributed by atoms with Crippen molar-refractivity contribution in [3.63, 3.8) is 0 Å². The molecule has 20 heteroatoms. The number of nitrogens with zero attached hydrogens (tertiary/aromatic N) is 10. The first kappa shape index (κ1) is 37.9. The van der Waals surface area contributed by atoms with E-state index in [2.05, 4.69) is 44.6 Å². The maximum absolute atomic E-state index is 14.9. The topological polar surface area (TPSA) is 182 Å². The van der Waals surface area contributed by atoms with Gasteiger partial charge in [0.15, 0.2) is 0 Å². The smallest absolute Gasteiger partial charge is 0.415 e. The molecule has 13 rings (SSSR count). The summed E-state index contributed by atoms with van der Waals surface area (Å²) in [6.45, 7) is 6.84. The summed E-state index contributed by atoms with van der Waals surface area (Å²) >= 11 is 0. The molecule has 0 saturated carbocycles. The molecule has 8 aliphatic heterocycles. The lowest BCUT2D eigenvalue weighted by molar-refractivity contribution is -0.127. The predicted octanol–water partition coefficient (Wildman–Crippen LogP) is 4.85. The van der Waals surface area contributed by atoms with Crippen LogP contribution >= 0.6 is 0 Å². The summed E-state index contributed by atoms with van der Waals surface area (Å²) < 4.78 is 64.2. The fourth-order valence-electron chi connectivity index (χ4n) is 9.85. The van der Waals surface area contributed by atoms with Crippen LogP contribution in [0.1, 0.15) is 6.42 Å². The van der Waals surface area contributed by atoms with E-state index in [1.165, 1.54) is 28.4 Å². The number of halogens is 2. The van der Waals surface area contributed by atoms with E-state index in [0.717, 1.165) is 64.4 Å². The molecule has 2 aromatic carbocycles. The second-order valence-corrected chi connectivity index (χ2v) is 17.5. The number of hydrogen-bond donors (Lipinski definition) is 0. The van der Waals surface area contributed by atoms with Gasteiger partial charge in [0.25, 0.3) is 0 Å². The first-order chi connectivity index (χ1) is 29.7. The van der Waals surface area contributed by atoms with Gasteiger partial charge in [0.05, 0.1) is 79.3 Å². The van der Waals surface area contributed by atoms with Gasteiger partial charge in [0.2, 0.25) is 0 Å². The Hall–Kier alpha value is -6.11. The Balaban J connectivity index is 0.000000119. The largest absolute Gasteiger partial charge is 0.489 e. The molecule has 1 aromatic heterocycles. The number of aromatic nitrogens is 3. The first-order valence-electron chi connectivity index (χ1n) is 20.5. The van der Waals surface area contributed by atoms with E-state index in [4.69, 9.17) is 34.0 Å². The number of carbonyl (C=O) groups excluding carboxylic acids is 2. The minimum absolute atomic E-state index is 0.0145. The Morgan fingerprint density at radius 2 is 1.25 bits per heavy atom. The average molecular weight is 841 g/mol. The Bertz CT molecular complexity index is 2320. The zero-order chi connectivity index (χ0) is 41.5. The molecule has 3 aromatic rings. The van der Waals surface area contributed by atoms with E-state index in [0.29, 0.717) is 40.8 Å². The monoisotopic (exact) mass is 840 g/mol. The normalized spacial score (nSPS) is 29.0. The molecule has 0 radical (unpaired) electrons. The van der Waals surface area contributed by atoms with Crippen molar-refractivity contribution < 1.29 is 46.8 Å². The number of allylic oxidation sites excluding steroid dienone is 4. The maximum atomic E-state index is 14.9. The number of benzene rings is 2. The van der Waals surface area contributed by atoms with Gasteiger partial charge in [0.1, 0.15) is 60.6 Å². The fourth-order valence-corrected chi connectivity index (χ4v) is 9.85. The Morgan fingerprint density at radius 1 is 0.738 bits per heavy atom. The number of carbonyl (C=O) groups is 2. The van der Waals surface area contributed by atoms with E-state index in [-0.39, 0.29) is 42.4 Å². The van der Waals surface area contributed by atoms with Gasteiger partial charge in [0, 0.05) is 61.6 Å². The Labute approximate surface area is 347 Å². The standard InChI is InChI=1S/C18H18FN5O4.C16H16FN5O4.C7H8/c19-11-3-13-15(4-12(11)22-7-18(8-22)9-26-10-18)27-6-14-16(28-17(25)24(13)14)5-23-2-1-20-21-23;17-9-1-11-13(2-10(9)21-5-16(6-21)7-24-8-16)25-4-12-14(3-19-20-18)26-15(23)22(11)12;1-2-7-4-3-6(1)5-7/h1-4,14,16H,5-10H2;1-2,12,14H,3-8H2;1-4,6-7H,5H2/t14-,16-;12-,14-;/m00./s1. The van der Waals surface area contributed by atoms with Gasteiger partial charge in [-0.3, -0.25) is 9.80 Å². The third-order valence-corrected chi connectivity index (χ3v) is 13.2. The maximum Gasteiger partial charge on any atom is 0.415 e. The van der Waals surface area contributed by atoms with Gasteiger partial charge in [-0.05, 0) is 23.8 Å². The summed E-state index contributed by atoms with van der Waals surface area (Å²) in [6.07, 6.45) is 11.7. The quantitative estimate of drug-likeness (QED) is 0.143. The zero-order valence-electron chi connectivity index (χ0n) is 32.9. The van der Waals surface area contributed by atoms with Crippen molar-refractivity contribution >= 4 is 34.9 Å². The molecule has 18 nitrogen and oxygen atoms in total. The van der Waals surface area contributed by atoms with E-state index in [9.17, 15) is 18.4 Å². The van der Waals surface area contributed by atoms with Crippen LogP contribution in [0.15, 0.2) is 66.1 Å². The number of fused-ring (bicyclic) bond motifs is 8. The minimum Gasteiger partial charge on any atom is -0.489 e. The summed E-state index contributed by atoms with van der Waals surface area (Å²) in [5.74, 6) is 1.79. The summed E-state index contributed by atoms with van der Waals surface area (Å²) in [6, 6.07) is 5.24. The predicted molar refractivity (Wildman–Crippen MR) is 212 cm³/mol. The molecular weight excluding hydrogens is 799 g/mol. The first-order valence-corrected chi connectivity index (χ1v) is 20.5. The lowest BCUT2D eigenvalue weighted by Crippen LogP contribution is -2.66. The number of rotatable bonds is 6. The van der Waals surface area contributed by atoms with Gasteiger partial charge in [-0.25, -0.2) is 23.1 Å². The number of azide groups is 1. The van der Waals surface area contributed by atoms with E-state index < -0.39 is 36.3 Å². The van der Waals surface area contributed by atoms with Gasteiger partial charge in [-0.2, -0.15) is 0 Å². The van der Waals surface area contributed by atoms with Crippen molar-refractivity contribution in [2.24, 2.45) is 27.8 Å². The molecule has 0 N–H and O–H groups in total. The molecule has 6 saturated heterocycles. The van der Waals surface area contributed by atoms with Crippen LogP contribution in [0, 0.1) is 34.3 Å². The van der Waals surface area contributed by atoms with Crippen LogP contribution in [0.4, 0.5) is 41.1 Å². The molecule has 4 atom stereocenters. The molecule has 2 amide bonds. The van der Waals surface area contributed by atoms with Gasteiger partial charge in [-0.15, -0.1) is 5.10 Å². The molecule has 318 valence electrons. The van der Waals surface area contributed by atoms with Crippen LogP contribution < -0.4 is 29.1 Å². The summed E-state index contributed by atoms with van der Waals surface area (Å²) in [7, 11) is 0. The van der Waals surface area contributed by atoms with Crippen molar-refractivity contribution in [3.8, 4) is 11.5 Å². The molecule has 10 aliphatic rings. The summed E-state index contributed by atoms with van der Waals surface area (Å²) in [5.41, 5.74) is 10.5. The van der Waals surface area contributed by atoms with Gasteiger partial charge in [-0.1, -0.05) is 34.6 Å². The van der Waals surface area contributed by atoms with Gasteiger partial charge < -0.3 is 38.2 Å². The highest BCUT2D eigenvalue weighted by molar-refractivity contribution is 5.95. The average Bonchev–Trinajstić information content (AvgIpc) is 4.05. The zero-order valence-corrected chi connectivity index (χ0v) is 32.9. The third-order valence-electron chi connectivity index (χ3n) is 13.2. The summed E-state index contributed by atoms with van der Waals surface area (Å²) in [5, 5.41) is 11.1. The van der Waals surface area contributed by atoms with Crippen LogP contribution in [0.2, 0.25) is 0 Å². The fraction of sp³-hybridized carbons (Fsp3) is 0.512. The van der Waals surface area contributed by atoms with Crippen LogP contribution in [-0.2, 0) is 25.5 Å². The van der Waals surface area contributed by atoms with E-state index in [1.54, 1.807) is 29.2 Å². The highest BCUT2D eigenvalue weighted by Gasteiger charge is 2.53. The molecule has 0 unspecified atom stereocenters. The highest BCUT2D eigenvalue weighted by atomic mass is 19.1. The van der Waals surface area contributed by atoms with Crippen LogP contribution in [0.5, 0.6) is 11.5 Å². The van der Waals surface area contributed by atoms with Crippen molar-refractivity contribution in [2.75, 3.05) is 92.0 Å². The lowest BCUT2D eigenvalue weighted by Gasteiger charge is -2.56. The van der Waals surface area contributed by atoms with Crippen LogP contribution in [0.3, 0.4) is 0 Å². The van der Waals surface area contributed by atoms with Crippen LogP contribution in [0.25, 0.3) is 10.4 Å². The number of cyclic esters (lactones) is 2. The SMILES string of the molecule is C1=CC2C=CC1C2.O=C1O[C@@H](Cn2ccnn2)[C@@H]2COc3cc(N4CC5(COC5)C4)c(F)cc3N12.[N-]=[N+]=NC[C@@H]1OC(=O)N2c3cc(F)c(N4CC5(COC5)C4)cc3OC[C@@H]12. The number of anilines is 4. The summed E-state index contributed by atoms with van der Waals surface area (Å²) in [4.78, 5) is 34.3. The van der Waals surface area contributed by atoms with Crippen molar-refractivity contribution in [2.45, 2.75) is 37.3 Å². The van der Waals surface area contributed by atoms with Crippen molar-refractivity contribution in [1.29, 1.82) is 0 Å². The molecule has 61 heavy (non-hydrogen) atoms. The minimum atomic E-state index is -0.608. The second-order valence-electron chi connectivity index (χ2n) is 17.5. The molecule has 2 spiro atoms. The van der Waals surface area contributed by atoms with Crippen LogP contribution in [-0.4, -0.2) is 124 Å². The Kier molecular flexibility index (Phi) is 9.01. The molecule has 2 aliphatic carbocycles. The van der Waals surface area contributed by atoms with Gasteiger partial charge >= 0.3 is 12.2 Å². The second kappa shape index (κ2) is 14.5. The molecule has 9 heterocycles. The molecule has 2 bridgehead atoms. The number of ether oxygens (including phenoxy) is 6. The molecular formula is C41H42F2N10O8. The molecule has 6 fully saturated rings. The van der Waals surface area contributed by atoms with E-state index in [1.807, 2.05) is 9.80 Å². The highest BCUT2D eigenvalue weighted by Crippen LogP contribution is 2.48. The number of hydrogen-bond acceptors (Lipinski definition) is 13.